The van der Waals surface area contributed by atoms with Gasteiger partial charge in [0.2, 0.25) is 5.88 Å². The van der Waals surface area contributed by atoms with Crippen molar-refractivity contribution in [3.63, 3.8) is 0 Å². The third kappa shape index (κ3) is 3.61. The van der Waals surface area contributed by atoms with Crippen LogP contribution in [-0.2, 0) is 4.74 Å². The van der Waals surface area contributed by atoms with E-state index in [0.29, 0.717) is 0 Å². The average molecular weight is 317 g/mol. The molecule has 5 heteroatoms. The van der Waals surface area contributed by atoms with Gasteiger partial charge in [0, 0.05) is 51.1 Å². The first-order valence-electron chi connectivity index (χ1n) is 9.09. The van der Waals surface area contributed by atoms with E-state index in [1.807, 2.05) is 6.07 Å². The smallest absolute Gasteiger partial charge is 0.215 e. The van der Waals surface area contributed by atoms with E-state index in [4.69, 9.17) is 14.5 Å². The van der Waals surface area contributed by atoms with E-state index in [2.05, 4.69) is 21.9 Å². The molecule has 3 fully saturated rings. The molecule has 23 heavy (non-hydrogen) atoms. The van der Waals surface area contributed by atoms with Gasteiger partial charge in [0.1, 0.15) is 11.9 Å². The van der Waals surface area contributed by atoms with Gasteiger partial charge in [-0.05, 0) is 18.9 Å². The van der Waals surface area contributed by atoms with Crippen molar-refractivity contribution in [1.82, 2.24) is 9.88 Å². The summed E-state index contributed by atoms with van der Waals surface area (Å²) >= 11 is 0. The first kappa shape index (κ1) is 15.2. The zero-order valence-corrected chi connectivity index (χ0v) is 13.8. The lowest BCUT2D eigenvalue weighted by molar-refractivity contribution is 0.0237. The topological polar surface area (TPSA) is 37.8 Å². The van der Waals surface area contributed by atoms with E-state index < -0.39 is 0 Å². The van der Waals surface area contributed by atoms with Gasteiger partial charge >= 0.3 is 0 Å². The predicted octanol–water partition coefficient (Wildman–Crippen LogP) is 2.31. The molecule has 1 aliphatic carbocycles. The minimum Gasteiger partial charge on any atom is -0.474 e. The van der Waals surface area contributed by atoms with Gasteiger partial charge in [-0.3, -0.25) is 4.90 Å². The molecule has 0 aromatic carbocycles. The highest BCUT2D eigenvalue weighted by Crippen LogP contribution is 2.27. The molecule has 0 N–H and O–H groups in total. The second-order valence-electron chi connectivity index (χ2n) is 6.87. The number of ether oxygens (including phenoxy) is 2. The molecule has 0 radical (unpaired) electrons. The minimum absolute atomic E-state index is 0.252. The zero-order chi connectivity index (χ0) is 15.5. The minimum atomic E-state index is 0.252. The largest absolute Gasteiger partial charge is 0.474 e. The van der Waals surface area contributed by atoms with Crippen molar-refractivity contribution < 1.29 is 9.47 Å². The molecule has 3 heterocycles. The Labute approximate surface area is 138 Å². The summed E-state index contributed by atoms with van der Waals surface area (Å²) in [5, 5.41) is 0. The van der Waals surface area contributed by atoms with Crippen molar-refractivity contribution in [1.29, 1.82) is 0 Å². The Morgan fingerprint density at radius 3 is 2.48 bits per heavy atom. The summed E-state index contributed by atoms with van der Waals surface area (Å²) in [7, 11) is 0. The number of piperazine rings is 1. The lowest BCUT2D eigenvalue weighted by Crippen LogP contribution is -2.52. The van der Waals surface area contributed by atoms with E-state index >= 15 is 0 Å². The molecule has 4 rings (SSSR count). The Morgan fingerprint density at radius 2 is 1.78 bits per heavy atom. The first-order chi connectivity index (χ1) is 11.4. The van der Waals surface area contributed by atoms with Gasteiger partial charge in [0.05, 0.1) is 13.2 Å². The van der Waals surface area contributed by atoms with Crippen molar-refractivity contribution in [3.05, 3.63) is 18.2 Å². The van der Waals surface area contributed by atoms with Crippen molar-refractivity contribution in [3.8, 4) is 5.88 Å². The zero-order valence-electron chi connectivity index (χ0n) is 13.8. The first-order valence-corrected chi connectivity index (χ1v) is 9.09. The second kappa shape index (κ2) is 7.05. The van der Waals surface area contributed by atoms with E-state index in [0.717, 1.165) is 70.0 Å². The Balaban J connectivity index is 1.34. The summed E-state index contributed by atoms with van der Waals surface area (Å²) in [4.78, 5) is 9.79. The van der Waals surface area contributed by atoms with E-state index in [9.17, 15) is 0 Å². The number of anilines is 1. The highest BCUT2D eigenvalue weighted by Gasteiger charge is 2.28. The third-order valence-electron chi connectivity index (χ3n) is 5.39. The van der Waals surface area contributed by atoms with Gasteiger partial charge in [0.25, 0.3) is 0 Å². The van der Waals surface area contributed by atoms with Crippen LogP contribution in [0.4, 0.5) is 5.82 Å². The van der Waals surface area contributed by atoms with Crippen LogP contribution in [0.1, 0.15) is 32.1 Å². The van der Waals surface area contributed by atoms with Crippen LogP contribution in [0.3, 0.4) is 0 Å². The van der Waals surface area contributed by atoms with Crippen LogP contribution in [0.5, 0.6) is 5.88 Å². The van der Waals surface area contributed by atoms with E-state index in [1.165, 1.54) is 19.3 Å². The van der Waals surface area contributed by atoms with Crippen molar-refractivity contribution in [2.75, 3.05) is 44.3 Å². The predicted molar refractivity (Wildman–Crippen MR) is 90.1 cm³/mol. The lowest BCUT2D eigenvalue weighted by Gasteiger charge is -2.43. The number of pyridine rings is 1. The Hall–Kier alpha value is -1.33. The molecule has 1 aromatic heterocycles. The van der Waals surface area contributed by atoms with Crippen LogP contribution in [0.2, 0.25) is 0 Å². The van der Waals surface area contributed by atoms with Crippen LogP contribution in [-0.4, -0.2) is 61.4 Å². The van der Waals surface area contributed by atoms with Gasteiger partial charge in [-0.15, -0.1) is 0 Å². The van der Waals surface area contributed by atoms with Crippen LogP contribution < -0.4 is 9.64 Å². The lowest BCUT2D eigenvalue weighted by atomic mass is 9.91. The summed E-state index contributed by atoms with van der Waals surface area (Å²) in [5.41, 5.74) is 0. The third-order valence-corrected chi connectivity index (χ3v) is 5.39. The quantitative estimate of drug-likeness (QED) is 0.852. The maximum absolute atomic E-state index is 6.04. The monoisotopic (exact) mass is 317 g/mol. The summed E-state index contributed by atoms with van der Waals surface area (Å²) in [6, 6.07) is 7.00. The van der Waals surface area contributed by atoms with Gasteiger partial charge in [-0.25, -0.2) is 0 Å². The molecule has 5 nitrogen and oxygen atoms in total. The van der Waals surface area contributed by atoms with Crippen LogP contribution in [0, 0.1) is 0 Å². The molecule has 126 valence electrons. The molecule has 0 unspecified atom stereocenters. The average Bonchev–Trinajstić information content (AvgIpc) is 2.55. The normalized spacial score (nSPS) is 24.4. The fourth-order valence-electron chi connectivity index (χ4n) is 3.68. The SMILES string of the molecule is c1cc(OC2CCOCC2)nc(N2CCN(C3CCC3)CC2)c1. The molecule has 0 spiro atoms. The Bertz CT molecular complexity index is 507. The molecule has 2 saturated heterocycles. The maximum Gasteiger partial charge on any atom is 0.215 e. The molecule has 0 atom stereocenters. The van der Waals surface area contributed by atoms with Crippen LogP contribution >= 0.6 is 0 Å². The highest BCUT2D eigenvalue weighted by atomic mass is 16.5. The molecular weight excluding hydrogens is 290 g/mol. The van der Waals surface area contributed by atoms with Crippen LogP contribution in [0.15, 0.2) is 18.2 Å². The van der Waals surface area contributed by atoms with Crippen molar-refractivity contribution in [2.45, 2.75) is 44.2 Å². The molecule has 3 aliphatic rings. The number of nitrogens with zero attached hydrogens (tertiary/aromatic N) is 3. The van der Waals surface area contributed by atoms with Crippen molar-refractivity contribution >= 4 is 5.82 Å². The fourth-order valence-corrected chi connectivity index (χ4v) is 3.68. The summed E-state index contributed by atoms with van der Waals surface area (Å²) in [6.45, 7) is 6.07. The van der Waals surface area contributed by atoms with Crippen molar-refractivity contribution in [2.24, 2.45) is 0 Å². The summed E-state index contributed by atoms with van der Waals surface area (Å²) in [5.74, 6) is 1.82. The Morgan fingerprint density at radius 1 is 1.00 bits per heavy atom. The molecule has 0 amide bonds. The van der Waals surface area contributed by atoms with Crippen LogP contribution in [0.25, 0.3) is 0 Å². The molecule has 1 saturated carbocycles. The standard InChI is InChI=1S/C18H27N3O2/c1-3-15(4-1)20-9-11-21(12-10-20)17-5-2-6-18(19-17)23-16-7-13-22-14-8-16/h2,5-6,15-16H,1,3-4,7-14H2. The fraction of sp³-hybridized carbons (Fsp3) is 0.722. The molecule has 2 aliphatic heterocycles. The number of hydrogen-bond acceptors (Lipinski definition) is 5. The summed E-state index contributed by atoms with van der Waals surface area (Å²) < 4.78 is 11.4. The van der Waals surface area contributed by atoms with Gasteiger partial charge in [-0.1, -0.05) is 12.5 Å². The van der Waals surface area contributed by atoms with Gasteiger partial charge < -0.3 is 14.4 Å². The van der Waals surface area contributed by atoms with Gasteiger partial charge in [0.15, 0.2) is 0 Å². The highest BCUT2D eigenvalue weighted by molar-refractivity contribution is 5.41. The maximum atomic E-state index is 6.04. The molecule has 0 bridgehead atoms. The Kier molecular flexibility index (Phi) is 4.67. The number of hydrogen-bond donors (Lipinski definition) is 0. The van der Waals surface area contributed by atoms with E-state index in [-0.39, 0.29) is 6.10 Å². The number of aromatic nitrogens is 1. The summed E-state index contributed by atoms with van der Waals surface area (Å²) in [6.07, 6.45) is 6.39. The molecule has 1 aromatic rings. The van der Waals surface area contributed by atoms with Gasteiger partial charge in [-0.2, -0.15) is 4.98 Å². The molecular formula is C18H27N3O2. The van der Waals surface area contributed by atoms with E-state index in [1.54, 1.807) is 0 Å². The second-order valence-corrected chi connectivity index (χ2v) is 6.87. The number of rotatable bonds is 4.